The van der Waals surface area contributed by atoms with Crippen molar-refractivity contribution in [1.29, 1.82) is 0 Å². The Morgan fingerprint density at radius 3 is 2.82 bits per heavy atom. The Balaban J connectivity index is 2.37. The van der Waals surface area contributed by atoms with Crippen LogP contribution >= 0.6 is 11.6 Å². The van der Waals surface area contributed by atoms with Gasteiger partial charge in [0.1, 0.15) is 0 Å². The zero-order valence-corrected chi connectivity index (χ0v) is 11.1. The second-order valence-corrected chi connectivity index (χ2v) is 5.58. The van der Waals surface area contributed by atoms with Gasteiger partial charge in [0.05, 0.1) is 6.54 Å². The number of nitrogens with one attached hydrogen (secondary N) is 1. The lowest BCUT2D eigenvalue weighted by molar-refractivity contribution is -0.119. The van der Waals surface area contributed by atoms with Crippen LogP contribution in [-0.4, -0.2) is 24.5 Å². The predicted octanol–water partition coefficient (Wildman–Crippen LogP) is 2.36. The molecule has 92 valence electrons. The van der Waals surface area contributed by atoms with Gasteiger partial charge in [-0.15, -0.1) is 0 Å². The van der Waals surface area contributed by atoms with Gasteiger partial charge in [-0.2, -0.15) is 0 Å². The van der Waals surface area contributed by atoms with Crippen LogP contribution in [0.15, 0.2) is 18.2 Å². The number of hydrogen-bond acceptors (Lipinski definition) is 2. The number of carbonyl (C=O) groups is 1. The first-order valence-electron chi connectivity index (χ1n) is 5.71. The average molecular weight is 253 g/mol. The van der Waals surface area contributed by atoms with Crippen LogP contribution in [0.3, 0.4) is 0 Å². The molecule has 1 heterocycles. The highest BCUT2D eigenvalue weighted by molar-refractivity contribution is 6.31. The van der Waals surface area contributed by atoms with Gasteiger partial charge >= 0.3 is 0 Å². The smallest absolute Gasteiger partial charge is 0.241 e. The summed E-state index contributed by atoms with van der Waals surface area (Å²) < 4.78 is 0. The van der Waals surface area contributed by atoms with Gasteiger partial charge in [-0.1, -0.05) is 17.7 Å². The summed E-state index contributed by atoms with van der Waals surface area (Å²) in [5.41, 5.74) is 1.92. The number of aryl methyl sites for hydroxylation is 1. The van der Waals surface area contributed by atoms with Gasteiger partial charge in [-0.05, 0) is 38.5 Å². The minimum atomic E-state index is -0.0668. The number of amides is 1. The molecule has 1 aromatic rings. The molecular weight excluding hydrogens is 236 g/mol. The summed E-state index contributed by atoms with van der Waals surface area (Å²) in [6, 6.07) is 5.65. The van der Waals surface area contributed by atoms with E-state index in [1.54, 1.807) is 0 Å². The first kappa shape index (κ1) is 12.4. The van der Waals surface area contributed by atoms with Crippen LogP contribution in [0.2, 0.25) is 5.02 Å². The summed E-state index contributed by atoms with van der Waals surface area (Å²) in [4.78, 5) is 13.8. The molecule has 17 heavy (non-hydrogen) atoms. The van der Waals surface area contributed by atoms with E-state index in [2.05, 4.69) is 19.2 Å². The van der Waals surface area contributed by atoms with Gasteiger partial charge in [0.2, 0.25) is 5.91 Å². The van der Waals surface area contributed by atoms with Gasteiger partial charge in [-0.3, -0.25) is 4.79 Å². The molecule has 1 N–H and O–H groups in total. The topological polar surface area (TPSA) is 32.3 Å². The number of hydrogen-bond donors (Lipinski definition) is 1. The Morgan fingerprint density at radius 1 is 1.41 bits per heavy atom. The number of nitrogens with zero attached hydrogens (tertiary/aromatic N) is 1. The number of halogens is 1. The van der Waals surface area contributed by atoms with Crippen molar-refractivity contribution < 1.29 is 4.79 Å². The summed E-state index contributed by atoms with van der Waals surface area (Å²) in [5, 5.41) is 3.88. The molecule has 1 aliphatic heterocycles. The van der Waals surface area contributed by atoms with Gasteiger partial charge in [0, 0.05) is 22.8 Å². The fourth-order valence-electron chi connectivity index (χ4n) is 2.04. The van der Waals surface area contributed by atoms with Crippen molar-refractivity contribution >= 4 is 23.2 Å². The summed E-state index contributed by atoms with van der Waals surface area (Å²) in [7, 11) is 0. The van der Waals surface area contributed by atoms with Crippen molar-refractivity contribution in [3.63, 3.8) is 0 Å². The van der Waals surface area contributed by atoms with E-state index in [-0.39, 0.29) is 11.4 Å². The molecular formula is C13H17ClN2O. The van der Waals surface area contributed by atoms with Crippen LogP contribution in [0, 0.1) is 6.92 Å². The first-order valence-corrected chi connectivity index (χ1v) is 6.08. The molecule has 1 fully saturated rings. The Kier molecular flexibility index (Phi) is 3.15. The zero-order valence-electron chi connectivity index (χ0n) is 10.4. The number of benzene rings is 1. The molecule has 1 aromatic carbocycles. The Morgan fingerprint density at radius 2 is 2.12 bits per heavy atom. The molecule has 1 aliphatic rings. The SMILES string of the molecule is Cc1ccc(Cl)cc1N1CC(C)(C)NCC1=O. The zero-order chi connectivity index (χ0) is 12.6. The summed E-state index contributed by atoms with van der Waals surface area (Å²) in [6.07, 6.45) is 0. The Hall–Kier alpha value is -1.06. The van der Waals surface area contributed by atoms with E-state index >= 15 is 0 Å². The molecule has 0 bridgehead atoms. The highest BCUT2D eigenvalue weighted by atomic mass is 35.5. The lowest BCUT2D eigenvalue weighted by Gasteiger charge is -2.39. The van der Waals surface area contributed by atoms with Gasteiger partial charge in [-0.25, -0.2) is 0 Å². The van der Waals surface area contributed by atoms with Crippen LogP contribution in [0.4, 0.5) is 5.69 Å². The molecule has 0 saturated carbocycles. The molecule has 2 rings (SSSR count). The summed E-state index contributed by atoms with van der Waals surface area (Å²) >= 11 is 6.00. The number of anilines is 1. The predicted molar refractivity (Wildman–Crippen MR) is 70.6 cm³/mol. The minimum Gasteiger partial charge on any atom is -0.309 e. The number of piperazine rings is 1. The Bertz CT molecular complexity index is 457. The van der Waals surface area contributed by atoms with Gasteiger partial charge in [0.25, 0.3) is 0 Å². The number of carbonyl (C=O) groups excluding carboxylic acids is 1. The van der Waals surface area contributed by atoms with E-state index in [1.807, 2.05) is 30.0 Å². The van der Waals surface area contributed by atoms with Crippen molar-refractivity contribution in [2.75, 3.05) is 18.0 Å². The average Bonchev–Trinajstić information content (AvgIpc) is 2.25. The second kappa shape index (κ2) is 4.31. The monoisotopic (exact) mass is 252 g/mol. The summed E-state index contributed by atoms with van der Waals surface area (Å²) in [6.45, 7) is 7.21. The van der Waals surface area contributed by atoms with Gasteiger partial charge in [0.15, 0.2) is 0 Å². The molecule has 0 aromatic heterocycles. The summed E-state index contributed by atoms with van der Waals surface area (Å²) in [5.74, 6) is 0.0923. The van der Waals surface area contributed by atoms with E-state index in [0.717, 1.165) is 11.3 Å². The maximum atomic E-state index is 12.0. The van der Waals surface area contributed by atoms with E-state index in [1.165, 1.54) is 0 Å². The van der Waals surface area contributed by atoms with Crippen molar-refractivity contribution in [2.45, 2.75) is 26.3 Å². The highest BCUT2D eigenvalue weighted by Crippen LogP contribution is 2.27. The quantitative estimate of drug-likeness (QED) is 0.832. The third-order valence-electron chi connectivity index (χ3n) is 3.03. The molecule has 1 amide bonds. The van der Waals surface area contributed by atoms with E-state index in [4.69, 9.17) is 11.6 Å². The van der Waals surface area contributed by atoms with Crippen LogP contribution in [0.25, 0.3) is 0 Å². The molecule has 0 atom stereocenters. The molecule has 0 aliphatic carbocycles. The molecule has 1 saturated heterocycles. The number of rotatable bonds is 1. The fourth-order valence-corrected chi connectivity index (χ4v) is 2.21. The van der Waals surface area contributed by atoms with Crippen LogP contribution in [0.5, 0.6) is 0 Å². The van der Waals surface area contributed by atoms with Crippen LogP contribution in [-0.2, 0) is 4.79 Å². The van der Waals surface area contributed by atoms with Crippen LogP contribution < -0.4 is 10.2 Å². The largest absolute Gasteiger partial charge is 0.309 e. The van der Waals surface area contributed by atoms with E-state index in [0.29, 0.717) is 18.1 Å². The third kappa shape index (κ3) is 2.61. The maximum Gasteiger partial charge on any atom is 0.241 e. The van der Waals surface area contributed by atoms with Crippen molar-refractivity contribution in [2.24, 2.45) is 0 Å². The molecule has 0 radical (unpaired) electrons. The first-order chi connectivity index (χ1) is 7.89. The Labute approximate surface area is 107 Å². The standard InChI is InChI=1S/C13H17ClN2O/c1-9-4-5-10(14)6-11(9)16-8-13(2,3)15-7-12(16)17/h4-6,15H,7-8H2,1-3H3. The maximum absolute atomic E-state index is 12.0. The lowest BCUT2D eigenvalue weighted by Crippen LogP contribution is -2.60. The van der Waals surface area contributed by atoms with Crippen molar-refractivity contribution in [3.8, 4) is 0 Å². The van der Waals surface area contributed by atoms with E-state index < -0.39 is 0 Å². The lowest BCUT2D eigenvalue weighted by atomic mass is 10.0. The molecule has 0 unspecified atom stereocenters. The molecule has 3 nitrogen and oxygen atoms in total. The normalized spacial score (nSPS) is 19.5. The minimum absolute atomic E-state index is 0.0668. The highest BCUT2D eigenvalue weighted by Gasteiger charge is 2.31. The van der Waals surface area contributed by atoms with Crippen molar-refractivity contribution in [3.05, 3.63) is 28.8 Å². The van der Waals surface area contributed by atoms with Gasteiger partial charge < -0.3 is 10.2 Å². The van der Waals surface area contributed by atoms with Crippen molar-refractivity contribution in [1.82, 2.24) is 5.32 Å². The molecule has 4 heteroatoms. The second-order valence-electron chi connectivity index (χ2n) is 5.15. The fraction of sp³-hybridized carbons (Fsp3) is 0.462. The third-order valence-corrected chi connectivity index (χ3v) is 3.27. The molecule has 0 spiro atoms. The van der Waals surface area contributed by atoms with E-state index in [9.17, 15) is 4.79 Å². The van der Waals surface area contributed by atoms with Crippen LogP contribution in [0.1, 0.15) is 19.4 Å².